The van der Waals surface area contributed by atoms with Crippen LogP contribution in [0.4, 0.5) is 0 Å². The van der Waals surface area contributed by atoms with Crippen molar-refractivity contribution in [2.24, 2.45) is 10.9 Å². The van der Waals surface area contributed by atoms with Crippen molar-refractivity contribution >= 4 is 29.9 Å². The van der Waals surface area contributed by atoms with Crippen molar-refractivity contribution in [3.63, 3.8) is 0 Å². The molecule has 0 amide bonds. The summed E-state index contributed by atoms with van der Waals surface area (Å²) >= 11 is 0. The number of rotatable bonds is 6. The topological polar surface area (TPSA) is 69.6 Å². The second-order valence-corrected chi connectivity index (χ2v) is 7.71. The van der Waals surface area contributed by atoms with Crippen LogP contribution in [0.1, 0.15) is 31.2 Å². The number of piperidine rings is 1. The summed E-state index contributed by atoms with van der Waals surface area (Å²) in [7, 11) is 4.91. The van der Waals surface area contributed by atoms with Crippen LogP contribution in [0, 0.1) is 5.92 Å². The first-order valence-corrected chi connectivity index (χ1v) is 10.3. The fourth-order valence-corrected chi connectivity index (χ4v) is 4.24. The molecule has 1 aromatic carbocycles. The van der Waals surface area contributed by atoms with Gasteiger partial charge in [0.25, 0.3) is 0 Å². The van der Waals surface area contributed by atoms with E-state index in [4.69, 9.17) is 9.47 Å². The highest BCUT2D eigenvalue weighted by Crippen LogP contribution is 2.37. The summed E-state index contributed by atoms with van der Waals surface area (Å²) in [6.45, 7) is 6.41. The number of hydrogen-bond acceptors (Lipinski definition) is 5. The molecule has 3 rings (SSSR count). The number of benzene rings is 1. The summed E-state index contributed by atoms with van der Waals surface area (Å²) in [5, 5.41) is 13.5. The molecular formula is C21H35IN4O3. The molecule has 0 aromatic heterocycles. The molecule has 0 aliphatic carbocycles. The van der Waals surface area contributed by atoms with Gasteiger partial charge in [0.05, 0.1) is 14.2 Å². The molecule has 7 nitrogen and oxygen atoms in total. The average Bonchev–Trinajstić information content (AvgIpc) is 3.18. The molecule has 0 radical (unpaired) electrons. The number of halogens is 1. The molecule has 2 aliphatic rings. The van der Waals surface area contributed by atoms with Gasteiger partial charge in [0, 0.05) is 33.2 Å². The van der Waals surface area contributed by atoms with E-state index in [1.807, 2.05) is 19.2 Å². The van der Waals surface area contributed by atoms with E-state index in [1.54, 1.807) is 0 Å². The van der Waals surface area contributed by atoms with Crippen molar-refractivity contribution in [2.45, 2.75) is 32.2 Å². The first kappa shape index (κ1) is 23.9. The van der Waals surface area contributed by atoms with Crippen LogP contribution in [0.25, 0.3) is 0 Å². The number of phenolic OH excluding ortho intramolecular Hbond substituents is 1. The number of aliphatic imine (C=N–C) groups is 1. The molecule has 0 saturated carbocycles. The Morgan fingerprint density at radius 3 is 2.38 bits per heavy atom. The summed E-state index contributed by atoms with van der Waals surface area (Å²) in [5.41, 5.74) is 0.969. The third-order valence-electron chi connectivity index (χ3n) is 5.75. The Hall–Kier alpha value is -1.42. The van der Waals surface area contributed by atoms with Gasteiger partial charge in [0.15, 0.2) is 17.5 Å². The van der Waals surface area contributed by atoms with Gasteiger partial charge in [-0.2, -0.15) is 0 Å². The van der Waals surface area contributed by atoms with Crippen LogP contribution in [0.5, 0.6) is 17.2 Å². The Balaban J connectivity index is 0.00000300. The molecule has 1 aromatic rings. The van der Waals surface area contributed by atoms with E-state index in [0.717, 1.165) is 24.6 Å². The number of ether oxygens (including phenoxy) is 2. The minimum absolute atomic E-state index is 0. The molecule has 2 N–H and O–H groups in total. The minimum atomic E-state index is 0. The van der Waals surface area contributed by atoms with Crippen LogP contribution in [-0.2, 0) is 6.54 Å². The highest BCUT2D eigenvalue weighted by molar-refractivity contribution is 14.0. The number of hydrogen-bond donors (Lipinski definition) is 2. The van der Waals surface area contributed by atoms with Crippen molar-refractivity contribution in [3.05, 3.63) is 17.7 Å². The predicted octanol–water partition coefficient (Wildman–Crippen LogP) is 2.91. The van der Waals surface area contributed by atoms with Gasteiger partial charge in [-0.1, -0.05) is 6.42 Å². The molecule has 8 heteroatoms. The van der Waals surface area contributed by atoms with Gasteiger partial charge >= 0.3 is 0 Å². The zero-order valence-electron chi connectivity index (χ0n) is 17.8. The highest BCUT2D eigenvalue weighted by Gasteiger charge is 2.27. The largest absolute Gasteiger partial charge is 0.502 e. The van der Waals surface area contributed by atoms with E-state index < -0.39 is 0 Å². The molecule has 2 fully saturated rings. The quantitative estimate of drug-likeness (QED) is 0.343. The van der Waals surface area contributed by atoms with E-state index in [2.05, 4.69) is 20.1 Å². The molecule has 2 saturated heterocycles. The van der Waals surface area contributed by atoms with Crippen molar-refractivity contribution in [1.29, 1.82) is 0 Å². The molecule has 2 heterocycles. The number of guanidine groups is 1. The van der Waals surface area contributed by atoms with Crippen LogP contribution >= 0.6 is 24.0 Å². The Labute approximate surface area is 191 Å². The summed E-state index contributed by atoms with van der Waals surface area (Å²) in [5.74, 6) is 2.48. The second-order valence-electron chi connectivity index (χ2n) is 7.71. The first-order valence-electron chi connectivity index (χ1n) is 10.3. The maximum atomic E-state index is 10.1. The number of methoxy groups -OCH3 is 2. The molecular weight excluding hydrogens is 483 g/mol. The van der Waals surface area contributed by atoms with Gasteiger partial charge < -0.3 is 29.7 Å². The third-order valence-corrected chi connectivity index (χ3v) is 5.75. The van der Waals surface area contributed by atoms with Gasteiger partial charge in [0.2, 0.25) is 5.75 Å². The highest BCUT2D eigenvalue weighted by atomic mass is 127. The van der Waals surface area contributed by atoms with Crippen molar-refractivity contribution in [3.8, 4) is 17.2 Å². The molecule has 0 bridgehead atoms. The van der Waals surface area contributed by atoms with Crippen LogP contribution in [-0.4, -0.2) is 74.9 Å². The fourth-order valence-electron chi connectivity index (χ4n) is 4.24. The van der Waals surface area contributed by atoms with Crippen molar-refractivity contribution in [1.82, 2.24) is 15.1 Å². The number of likely N-dealkylation sites (tertiary alicyclic amines) is 2. The van der Waals surface area contributed by atoms with Gasteiger partial charge in [-0.15, -0.1) is 24.0 Å². The second kappa shape index (κ2) is 11.7. The minimum Gasteiger partial charge on any atom is -0.502 e. The van der Waals surface area contributed by atoms with Crippen LogP contribution in [0.3, 0.4) is 0 Å². The van der Waals surface area contributed by atoms with E-state index >= 15 is 0 Å². The summed E-state index contributed by atoms with van der Waals surface area (Å²) in [6, 6.07) is 3.64. The molecule has 164 valence electrons. The maximum absolute atomic E-state index is 10.1. The summed E-state index contributed by atoms with van der Waals surface area (Å²) < 4.78 is 10.5. The monoisotopic (exact) mass is 518 g/mol. The Bertz CT molecular complexity index is 655. The van der Waals surface area contributed by atoms with Gasteiger partial charge in [-0.3, -0.25) is 4.99 Å². The summed E-state index contributed by atoms with van der Waals surface area (Å²) in [4.78, 5) is 9.45. The van der Waals surface area contributed by atoms with Crippen LogP contribution in [0.15, 0.2) is 17.1 Å². The summed E-state index contributed by atoms with van der Waals surface area (Å²) in [6.07, 6.45) is 5.30. The lowest BCUT2D eigenvalue weighted by atomic mass is 10.1. The van der Waals surface area contributed by atoms with E-state index in [-0.39, 0.29) is 29.7 Å². The number of nitrogens with zero attached hydrogens (tertiary/aromatic N) is 3. The molecule has 0 spiro atoms. The number of nitrogens with one attached hydrogen (secondary N) is 1. The van der Waals surface area contributed by atoms with E-state index in [0.29, 0.717) is 24.0 Å². The third kappa shape index (κ3) is 6.28. The zero-order valence-corrected chi connectivity index (χ0v) is 20.1. The number of aromatic hydroxyl groups is 1. The lowest BCUT2D eigenvalue weighted by molar-refractivity contribution is 0.198. The fraction of sp³-hybridized carbons (Fsp3) is 0.667. The zero-order chi connectivity index (χ0) is 19.9. The van der Waals surface area contributed by atoms with Gasteiger partial charge in [-0.25, -0.2) is 0 Å². The Morgan fingerprint density at radius 2 is 1.79 bits per heavy atom. The lowest BCUT2D eigenvalue weighted by Gasteiger charge is -2.29. The van der Waals surface area contributed by atoms with Crippen molar-refractivity contribution < 1.29 is 14.6 Å². The Morgan fingerprint density at radius 1 is 1.14 bits per heavy atom. The smallest absolute Gasteiger partial charge is 0.200 e. The lowest BCUT2D eigenvalue weighted by Crippen LogP contribution is -2.41. The van der Waals surface area contributed by atoms with E-state index in [9.17, 15) is 5.11 Å². The molecule has 1 atom stereocenters. The number of phenols is 1. The predicted molar refractivity (Wildman–Crippen MR) is 127 cm³/mol. The average molecular weight is 518 g/mol. The standard InChI is InChI=1S/C21H34N4O3.HI/c1-22-21(23-13-17-11-18(27-2)20(26)19(12-17)28-3)25-10-7-16(15-25)14-24-8-5-4-6-9-24;/h11-12,16,26H,4-10,13-15H2,1-3H3,(H,22,23);1H. The van der Waals surface area contributed by atoms with Gasteiger partial charge in [-0.05, 0) is 56.0 Å². The normalized spacial score (nSPS) is 20.3. The van der Waals surface area contributed by atoms with Crippen LogP contribution in [0.2, 0.25) is 0 Å². The molecule has 29 heavy (non-hydrogen) atoms. The maximum Gasteiger partial charge on any atom is 0.200 e. The first-order chi connectivity index (χ1) is 13.6. The van der Waals surface area contributed by atoms with Crippen LogP contribution < -0.4 is 14.8 Å². The molecule has 2 aliphatic heterocycles. The van der Waals surface area contributed by atoms with E-state index in [1.165, 1.54) is 59.5 Å². The molecule has 1 unspecified atom stereocenters. The Kier molecular flexibility index (Phi) is 9.61. The van der Waals surface area contributed by atoms with Gasteiger partial charge in [0.1, 0.15) is 0 Å². The SMILES string of the molecule is CN=C(NCc1cc(OC)c(O)c(OC)c1)N1CCC(CN2CCCCC2)C1.I. The van der Waals surface area contributed by atoms with Crippen molar-refractivity contribution in [2.75, 3.05) is 54.0 Å².